The van der Waals surface area contributed by atoms with Crippen molar-refractivity contribution in [3.05, 3.63) is 152 Å². The van der Waals surface area contributed by atoms with E-state index in [9.17, 15) is 64.0 Å². The number of nitrogens with two attached hydrogens (primary N) is 2. The number of rotatable bonds is 30. The number of fused-ring (bicyclic) bond motifs is 12. The zero-order valence-electron chi connectivity index (χ0n) is 75.9. The molecule has 7 heterocycles. The number of halogens is 2. The first kappa shape index (κ1) is 100. The van der Waals surface area contributed by atoms with Crippen LogP contribution in [0, 0.1) is 29.6 Å². The quantitative estimate of drug-likeness (QED) is 0.0221. The molecule has 5 aliphatic carbocycles. The van der Waals surface area contributed by atoms with Crippen molar-refractivity contribution < 1.29 is 126 Å². The van der Waals surface area contributed by atoms with Crippen molar-refractivity contribution in [3.63, 3.8) is 0 Å². The van der Waals surface area contributed by atoms with Gasteiger partial charge in [0, 0.05) is 47.8 Å². The number of hydrogen-bond donors (Lipinski definition) is 21. The number of likely N-dealkylation sites (N-methyl/N-ethyl adjacent to an activating group) is 1. The Balaban J connectivity index is 0.856. The largest absolute Gasteiger partial charge is 0.508 e. The lowest BCUT2D eigenvalue weighted by Gasteiger charge is -2.54. The number of aromatic hydroxyl groups is 1. The topological polar surface area (TPSA) is 590 Å². The first-order valence-corrected chi connectivity index (χ1v) is 48.5. The molecule has 0 spiro atoms. The number of benzene rings is 6. The summed E-state index contributed by atoms with van der Waals surface area (Å²) in [5.41, 5.74) is 8.79. The van der Waals surface area contributed by atoms with Gasteiger partial charge in [-0.3, -0.25) is 38.4 Å². The molecule has 736 valence electrons. The van der Waals surface area contributed by atoms with Crippen molar-refractivity contribution in [1.82, 2.24) is 52.6 Å². The number of hydrogen-bond acceptors (Lipinski definition) is 29. The minimum absolute atomic E-state index is 0.0308. The predicted octanol–water partition coefficient (Wildman–Crippen LogP) is 4.25. The van der Waals surface area contributed by atoms with E-state index < -0.39 is 225 Å². The van der Waals surface area contributed by atoms with Crippen LogP contribution in [0.4, 0.5) is 0 Å². The van der Waals surface area contributed by atoms with E-state index in [1.807, 2.05) is 13.8 Å². The molecule has 6 aromatic rings. The van der Waals surface area contributed by atoms with E-state index in [4.69, 9.17) is 67.8 Å². The molecule has 2 saturated heterocycles. The lowest BCUT2D eigenvalue weighted by molar-refractivity contribution is -0.333. The fourth-order valence-electron chi connectivity index (χ4n) is 20.5. The first-order chi connectivity index (χ1) is 64.7. The van der Waals surface area contributed by atoms with Gasteiger partial charge in [-0.1, -0.05) is 93.9 Å². The number of phenolic OH excluding ortho intramolecular Hbond substituents is 1. The number of carbonyl (C=O) groups excluding carboxylic acids is 8. The Morgan fingerprint density at radius 1 is 0.684 bits per heavy atom. The molecule has 6 fully saturated rings. The molecular formula is C95H120Cl2N12O26S. The van der Waals surface area contributed by atoms with Crippen LogP contribution in [-0.2, 0) is 74.9 Å². The Morgan fingerprint density at radius 2 is 1.31 bits per heavy atom. The fourth-order valence-corrected chi connectivity index (χ4v) is 22.0. The van der Waals surface area contributed by atoms with Gasteiger partial charge >= 0.3 is 0 Å². The van der Waals surface area contributed by atoms with E-state index >= 15 is 28.8 Å². The molecule has 41 heteroatoms. The van der Waals surface area contributed by atoms with Crippen molar-refractivity contribution in [2.24, 2.45) is 41.1 Å². The molecule has 38 nitrogen and oxygen atoms in total. The first-order valence-electron chi connectivity index (χ1n) is 46.3. The summed E-state index contributed by atoms with van der Waals surface area (Å²) in [7, 11) is -2.37. The van der Waals surface area contributed by atoms with Crippen molar-refractivity contribution in [2.45, 2.75) is 263 Å². The molecule has 12 aliphatic rings. The zero-order valence-corrected chi connectivity index (χ0v) is 78.3. The summed E-state index contributed by atoms with van der Waals surface area (Å²) < 4.78 is 74.2. The number of sulfonamides is 1. The van der Waals surface area contributed by atoms with Gasteiger partial charge in [0.05, 0.1) is 52.8 Å². The molecule has 15 bridgehead atoms. The summed E-state index contributed by atoms with van der Waals surface area (Å²) in [6.45, 7) is 8.43. The Morgan fingerprint density at radius 3 is 1.93 bits per heavy atom. The highest BCUT2D eigenvalue weighted by Gasteiger charge is 2.55. The van der Waals surface area contributed by atoms with Crippen molar-refractivity contribution in [2.75, 3.05) is 33.4 Å². The smallest absolute Gasteiger partial charge is 0.248 e. The van der Waals surface area contributed by atoms with Crippen LogP contribution in [0.2, 0.25) is 10.0 Å². The summed E-state index contributed by atoms with van der Waals surface area (Å²) in [5, 5.41) is 135. The van der Waals surface area contributed by atoms with Gasteiger partial charge in [-0.2, -0.15) is 0 Å². The summed E-state index contributed by atoms with van der Waals surface area (Å²) >= 11 is 14.5. The van der Waals surface area contributed by atoms with Crippen LogP contribution >= 0.6 is 23.2 Å². The number of carbonyl (C=O) groups is 8. The Kier molecular flexibility index (Phi) is 31.0. The highest BCUT2D eigenvalue weighted by molar-refractivity contribution is 7.89. The molecule has 6 aromatic carbocycles. The normalized spacial score (nSPS) is 29.7. The predicted molar refractivity (Wildman–Crippen MR) is 489 cm³/mol. The summed E-state index contributed by atoms with van der Waals surface area (Å²) in [5.74, 6) is -14.5. The number of nitrogens with one attached hydrogen (secondary N) is 10. The molecular weight excluding hydrogens is 1830 g/mol. The van der Waals surface area contributed by atoms with Gasteiger partial charge < -0.3 is 138 Å². The van der Waals surface area contributed by atoms with Crippen LogP contribution < -0.4 is 83.0 Å². The average molecular weight is 1950 g/mol. The number of amides is 8. The lowest BCUT2D eigenvalue weighted by atomic mass is 9.54. The molecule has 18 atom stereocenters. The molecule has 136 heavy (non-hydrogen) atoms. The maximum Gasteiger partial charge on any atom is 0.248 e. The van der Waals surface area contributed by atoms with Crippen molar-refractivity contribution in [3.8, 4) is 51.4 Å². The number of unbranched alkanes of at least 4 members (excludes halogenated alkanes) is 5. The average Bonchev–Trinajstić information content (AvgIpc) is 1.54. The van der Waals surface area contributed by atoms with Gasteiger partial charge in [0.1, 0.15) is 89.8 Å². The minimum atomic E-state index is -3.86. The van der Waals surface area contributed by atoms with Gasteiger partial charge in [-0.05, 0) is 227 Å². The maximum atomic E-state index is 16.7. The molecule has 18 rings (SSSR count). The second kappa shape index (κ2) is 42.0. The van der Waals surface area contributed by atoms with Crippen LogP contribution in [0.3, 0.4) is 0 Å². The number of primary amides is 1. The van der Waals surface area contributed by atoms with Crippen LogP contribution in [0.1, 0.15) is 206 Å². The number of aliphatic hydroxyl groups is 8. The summed E-state index contributed by atoms with van der Waals surface area (Å²) in [4.78, 5) is 124. The number of aliphatic hydroxyl groups excluding tert-OH is 6. The Hall–Kier alpha value is -9.99. The van der Waals surface area contributed by atoms with Crippen molar-refractivity contribution >= 4 is 80.5 Å². The highest BCUT2D eigenvalue weighted by Crippen LogP contribution is 2.57. The minimum Gasteiger partial charge on any atom is -0.508 e. The zero-order chi connectivity index (χ0) is 97.4. The fraction of sp³-hybridized carbons (Fsp3) is 0.537. The summed E-state index contributed by atoms with van der Waals surface area (Å²) in [6.07, 6.45) is -9.32. The lowest BCUT2D eigenvalue weighted by Crippen LogP contribution is -2.64. The van der Waals surface area contributed by atoms with Crippen molar-refractivity contribution in [1.29, 1.82) is 0 Å². The third kappa shape index (κ3) is 21.6. The molecule has 7 aliphatic heterocycles. The van der Waals surface area contributed by atoms with Gasteiger partial charge in [-0.25, -0.2) is 13.1 Å². The van der Waals surface area contributed by atoms with E-state index in [0.717, 1.165) is 75.6 Å². The molecule has 4 saturated carbocycles. The molecule has 8 amide bonds. The Bertz CT molecular complexity index is 5580. The molecule has 0 aromatic heterocycles. The van der Waals surface area contributed by atoms with Crippen LogP contribution in [0.5, 0.6) is 40.2 Å². The second-order valence-corrected chi connectivity index (χ2v) is 40.4. The molecule has 23 N–H and O–H groups in total. The van der Waals surface area contributed by atoms with E-state index in [0.29, 0.717) is 49.9 Å². The maximum absolute atomic E-state index is 16.7. The van der Waals surface area contributed by atoms with Gasteiger partial charge in [0.25, 0.3) is 0 Å². The highest BCUT2D eigenvalue weighted by atomic mass is 35.5. The van der Waals surface area contributed by atoms with E-state index in [1.165, 1.54) is 81.6 Å². The standard InChI is InChI=1S/C95H120Cl2N12O26S/c1-7-8-13-26-129-53-17-19-54(20-18-53)136(127,128)102-25-12-10-9-11-24-101-41-57-63(111)38-56-71-55-33-47(14-21-58(55)95(125,126)72(57)71)74-88(120)109-78(92(124)107-76(56)90(122)104-73-50-29-45-28-46(31-50)32-51(73)30-45)80(114)49-16-23-65(60(97)35-49)132-67-37-52-36-66(83(67)135-93-84(82(116)81(115)68(42-110)133-93)134-70-40-94(5,99)85(117)44(4)130-70)131-64-22-15-48(34-59(64)96)79(113)77(108-86(118)61(100-6)27-43(2)3)91(123)103-62(39-69(98)112)87(119)105-75(52)89(121)106-74/h14-23,33-38,43-46,50-51,61-62,68,70,73-82,84-85,93,100-102,110-111,113-117,125-126H,7-13,24-32,39-42,99H2,1-6H3,(H2,98,112)(H,103,123)(H,104,122)(H,105,119)(H,106,121)(H,107,124)(H,108,118)(H,109,120)/t44?,45?,46?,50?,51?,61?,62?,68?,70?,73?,74?,75?,76-,77?,78?,79?,80?,81?,82?,84?,85?,93?,94+/m0/s1. The van der Waals surface area contributed by atoms with Crippen LogP contribution in [-0.4, -0.2) is 220 Å². The summed E-state index contributed by atoms with van der Waals surface area (Å²) in [6, 6.07) is 6.11. The van der Waals surface area contributed by atoms with E-state index in [2.05, 4.69) is 59.5 Å². The number of phenols is 1. The van der Waals surface area contributed by atoms with Gasteiger partial charge in [-0.15, -0.1) is 0 Å². The van der Waals surface area contributed by atoms with Gasteiger partial charge in [0.15, 0.2) is 23.9 Å². The van der Waals surface area contributed by atoms with Gasteiger partial charge in [0.2, 0.25) is 75.1 Å². The second-order valence-electron chi connectivity index (χ2n) is 37.8. The van der Waals surface area contributed by atoms with E-state index in [-0.39, 0.29) is 122 Å². The number of ether oxygens (including phenoxy) is 7. The monoisotopic (exact) mass is 1950 g/mol. The van der Waals surface area contributed by atoms with Crippen LogP contribution in [0.15, 0.2) is 102 Å². The third-order valence-corrected chi connectivity index (χ3v) is 29.5. The third-order valence-electron chi connectivity index (χ3n) is 27.4. The molecule has 0 radical (unpaired) electrons. The SMILES string of the molecule is CCCCCOc1ccc(S(=O)(=O)NCCCCCCNCc2c(O)cc3c4c2C(O)(O)c2ccc(cc2-4)C2NC(=O)C4NC(=O)C(CC(N)=O)NC(=O)C(NC(=O)C(CC(C)C)NC)C(O)c5ccc(c(Cl)c5)Oc5cc4cc(c5OC4OC(CO)C(O)C(O)C4OC4C[C@@](C)(N)C(O)C(C)O4)Oc4ccc(cc4Cl)C(O)C(NC2=O)C(=O)N[C@@H]3C(=O)NC2C3CC4CC(C3)CC2C4)cc1. The van der Waals surface area contributed by atoms with Crippen LogP contribution in [0.25, 0.3) is 11.1 Å². The Labute approximate surface area is 795 Å². The molecule has 16 unspecified atom stereocenters. The van der Waals surface area contributed by atoms with E-state index in [1.54, 1.807) is 12.1 Å².